The first-order valence-corrected chi connectivity index (χ1v) is 7.95. The summed E-state index contributed by atoms with van der Waals surface area (Å²) in [6, 6.07) is 6.16. The van der Waals surface area contributed by atoms with Crippen molar-refractivity contribution in [3.05, 3.63) is 52.1 Å². The molecule has 1 saturated carbocycles. The summed E-state index contributed by atoms with van der Waals surface area (Å²) in [4.78, 5) is 28.5. The summed E-state index contributed by atoms with van der Waals surface area (Å²) in [5, 5.41) is 7.16. The summed E-state index contributed by atoms with van der Waals surface area (Å²) in [6.07, 6.45) is 3.80. The third-order valence-electron chi connectivity index (χ3n) is 4.08. The number of hydrogen-bond acceptors (Lipinski definition) is 5. The normalized spacial score (nSPS) is 14.9. The number of carbonyl (C=O) groups excluding carboxylic acids is 1. The quantitative estimate of drug-likeness (QED) is 0.866. The van der Waals surface area contributed by atoms with Crippen LogP contribution in [0.3, 0.4) is 0 Å². The van der Waals surface area contributed by atoms with Crippen LogP contribution in [0.5, 0.6) is 5.88 Å². The zero-order chi connectivity index (χ0) is 17.1. The number of nitrogens with zero attached hydrogens (tertiary/aromatic N) is 3. The van der Waals surface area contributed by atoms with Gasteiger partial charge in [0.05, 0.1) is 12.8 Å². The molecule has 1 aliphatic rings. The molecule has 1 fully saturated rings. The first-order valence-electron chi connectivity index (χ1n) is 7.95. The van der Waals surface area contributed by atoms with E-state index in [1.165, 1.54) is 17.9 Å². The lowest BCUT2D eigenvalue weighted by atomic mass is 10.2. The number of methoxy groups -OCH3 is 1. The predicted molar refractivity (Wildman–Crippen MR) is 87.8 cm³/mol. The Morgan fingerprint density at radius 1 is 1.42 bits per heavy atom. The average molecular weight is 328 g/mol. The predicted octanol–water partition coefficient (Wildman–Crippen LogP) is 1.40. The SMILES string of the molecule is COc1ncccc1CNC(=O)[C@@H](C)n1nc(C2CC2)ccc1=O. The first kappa shape index (κ1) is 16.2. The minimum absolute atomic E-state index is 0.275. The lowest BCUT2D eigenvalue weighted by molar-refractivity contribution is -0.124. The summed E-state index contributed by atoms with van der Waals surface area (Å²) < 4.78 is 6.41. The van der Waals surface area contributed by atoms with Crippen molar-refractivity contribution in [2.24, 2.45) is 0 Å². The first-order chi connectivity index (χ1) is 11.6. The molecule has 0 unspecified atom stereocenters. The number of aromatic nitrogens is 3. The second-order valence-corrected chi connectivity index (χ2v) is 5.88. The largest absolute Gasteiger partial charge is 0.481 e. The minimum Gasteiger partial charge on any atom is -0.481 e. The van der Waals surface area contributed by atoms with E-state index in [0.717, 1.165) is 24.1 Å². The highest BCUT2D eigenvalue weighted by molar-refractivity contribution is 5.79. The second-order valence-electron chi connectivity index (χ2n) is 5.88. The molecule has 2 aromatic heterocycles. The zero-order valence-electron chi connectivity index (χ0n) is 13.7. The third kappa shape index (κ3) is 3.45. The Labute approximate surface area is 139 Å². The number of amides is 1. The van der Waals surface area contributed by atoms with Gasteiger partial charge >= 0.3 is 0 Å². The molecule has 0 aromatic carbocycles. The molecule has 3 rings (SSSR count). The van der Waals surface area contributed by atoms with Crippen molar-refractivity contribution >= 4 is 5.91 Å². The number of hydrogen-bond donors (Lipinski definition) is 1. The standard InChI is InChI=1S/C17H20N4O3/c1-11(21-15(22)8-7-14(20-21)12-5-6-12)16(23)19-10-13-4-3-9-18-17(13)24-2/h3-4,7-9,11-12H,5-6,10H2,1-2H3,(H,19,23)/t11-/m1/s1. The van der Waals surface area contributed by atoms with Gasteiger partial charge in [0.25, 0.3) is 5.56 Å². The van der Waals surface area contributed by atoms with Crippen LogP contribution < -0.4 is 15.6 Å². The molecule has 1 atom stereocenters. The van der Waals surface area contributed by atoms with Gasteiger partial charge < -0.3 is 10.1 Å². The third-order valence-corrected chi connectivity index (χ3v) is 4.08. The van der Waals surface area contributed by atoms with Gasteiger partial charge in [-0.25, -0.2) is 9.67 Å². The van der Waals surface area contributed by atoms with Gasteiger partial charge in [-0.1, -0.05) is 6.07 Å². The van der Waals surface area contributed by atoms with Gasteiger partial charge in [-0.05, 0) is 31.9 Å². The van der Waals surface area contributed by atoms with Crippen molar-refractivity contribution in [2.75, 3.05) is 7.11 Å². The monoisotopic (exact) mass is 328 g/mol. The highest BCUT2D eigenvalue weighted by Gasteiger charge is 2.27. The Hall–Kier alpha value is -2.70. The fraction of sp³-hybridized carbons (Fsp3) is 0.412. The van der Waals surface area contributed by atoms with Crippen LogP contribution in [0, 0.1) is 0 Å². The molecular formula is C17H20N4O3. The summed E-state index contributed by atoms with van der Waals surface area (Å²) in [5.74, 6) is 0.617. The highest BCUT2D eigenvalue weighted by atomic mass is 16.5. The van der Waals surface area contributed by atoms with Crippen LogP contribution in [0.1, 0.15) is 43.0 Å². The maximum Gasteiger partial charge on any atom is 0.267 e. The van der Waals surface area contributed by atoms with E-state index in [0.29, 0.717) is 11.8 Å². The number of carbonyl (C=O) groups is 1. The minimum atomic E-state index is -0.682. The molecule has 0 spiro atoms. The molecule has 0 bridgehead atoms. The van der Waals surface area contributed by atoms with Gasteiger partial charge in [-0.3, -0.25) is 9.59 Å². The molecule has 2 aromatic rings. The van der Waals surface area contributed by atoms with Crippen LogP contribution in [0.25, 0.3) is 0 Å². The summed E-state index contributed by atoms with van der Waals surface area (Å²) in [5.41, 5.74) is 1.37. The van der Waals surface area contributed by atoms with Crippen molar-refractivity contribution in [2.45, 2.75) is 38.3 Å². The van der Waals surface area contributed by atoms with Crippen LogP contribution in [-0.2, 0) is 11.3 Å². The number of nitrogens with one attached hydrogen (secondary N) is 1. The van der Waals surface area contributed by atoms with Crippen molar-refractivity contribution in [3.8, 4) is 5.88 Å². The molecule has 24 heavy (non-hydrogen) atoms. The van der Waals surface area contributed by atoms with Crippen LogP contribution in [0.4, 0.5) is 0 Å². The zero-order valence-corrected chi connectivity index (χ0v) is 13.7. The van der Waals surface area contributed by atoms with Gasteiger partial charge in [0.15, 0.2) is 0 Å². The molecule has 0 saturated heterocycles. The molecule has 126 valence electrons. The summed E-state index contributed by atoms with van der Waals surface area (Å²) in [6.45, 7) is 1.94. The van der Waals surface area contributed by atoms with Crippen molar-refractivity contribution < 1.29 is 9.53 Å². The fourth-order valence-electron chi connectivity index (χ4n) is 2.50. The van der Waals surface area contributed by atoms with E-state index < -0.39 is 6.04 Å². The van der Waals surface area contributed by atoms with Crippen molar-refractivity contribution in [1.82, 2.24) is 20.1 Å². The maximum atomic E-state index is 12.4. The number of pyridine rings is 1. The lowest BCUT2D eigenvalue weighted by Gasteiger charge is -2.15. The van der Waals surface area contributed by atoms with Gasteiger partial charge in [0.1, 0.15) is 6.04 Å². The number of ether oxygens (including phenoxy) is 1. The summed E-state index contributed by atoms with van der Waals surface area (Å²) >= 11 is 0. The van der Waals surface area contributed by atoms with Gasteiger partial charge in [-0.2, -0.15) is 5.10 Å². The molecule has 7 heteroatoms. The van der Waals surface area contributed by atoms with Crippen LogP contribution >= 0.6 is 0 Å². The van der Waals surface area contributed by atoms with Gasteiger partial charge in [0.2, 0.25) is 11.8 Å². The van der Waals surface area contributed by atoms with Crippen LogP contribution in [0.15, 0.2) is 35.3 Å². The average Bonchev–Trinajstić information content (AvgIpc) is 3.44. The highest BCUT2D eigenvalue weighted by Crippen LogP contribution is 2.38. The molecule has 1 N–H and O–H groups in total. The smallest absolute Gasteiger partial charge is 0.267 e. The van der Waals surface area contributed by atoms with Crippen molar-refractivity contribution in [1.29, 1.82) is 0 Å². The molecule has 1 aliphatic carbocycles. The Kier molecular flexibility index (Phi) is 4.59. The van der Waals surface area contributed by atoms with E-state index in [2.05, 4.69) is 15.4 Å². The maximum absolute atomic E-state index is 12.4. The molecule has 0 aliphatic heterocycles. The van der Waals surface area contributed by atoms with E-state index in [4.69, 9.17) is 4.74 Å². The van der Waals surface area contributed by atoms with Crippen molar-refractivity contribution in [3.63, 3.8) is 0 Å². The Bertz CT molecular complexity index is 798. The van der Waals surface area contributed by atoms with Crippen LogP contribution in [-0.4, -0.2) is 27.8 Å². The van der Waals surface area contributed by atoms with E-state index >= 15 is 0 Å². The van der Waals surface area contributed by atoms with Crippen LogP contribution in [0.2, 0.25) is 0 Å². The lowest BCUT2D eigenvalue weighted by Crippen LogP contribution is -2.37. The summed E-state index contributed by atoms with van der Waals surface area (Å²) in [7, 11) is 1.53. The van der Waals surface area contributed by atoms with E-state index in [9.17, 15) is 9.59 Å². The van der Waals surface area contributed by atoms with E-state index in [1.54, 1.807) is 25.3 Å². The van der Waals surface area contributed by atoms with E-state index in [-0.39, 0.29) is 18.0 Å². The van der Waals surface area contributed by atoms with Gasteiger partial charge in [0, 0.05) is 30.3 Å². The molecule has 2 heterocycles. The molecule has 0 radical (unpaired) electrons. The molecular weight excluding hydrogens is 308 g/mol. The van der Waals surface area contributed by atoms with E-state index in [1.807, 2.05) is 6.07 Å². The fourth-order valence-corrected chi connectivity index (χ4v) is 2.50. The Morgan fingerprint density at radius 2 is 2.21 bits per heavy atom. The van der Waals surface area contributed by atoms with Gasteiger partial charge in [-0.15, -0.1) is 0 Å². The topological polar surface area (TPSA) is 86.1 Å². The Balaban J connectivity index is 1.71. The molecule has 7 nitrogen and oxygen atoms in total. The number of rotatable bonds is 6. The molecule has 1 amide bonds. The Morgan fingerprint density at radius 3 is 2.92 bits per heavy atom. The second kappa shape index (κ2) is 6.82.